The number of sulfonamides is 1. The van der Waals surface area contributed by atoms with E-state index in [9.17, 15) is 13.2 Å². The van der Waals surface area contributed by atoms with Crippen LogP contribution in [0.1, 0.15) is 10.4 Å². The first-order valence-electron chi connectivity index (χ1n) is 8.52. The van der Waals surface area contributed by atoms with E-state index in [0.29, 0.717) is 5.02 Å². The monoisotopic (exact) mass is 518 g/mol. The normalized spacial score (nSPS) is 11.1. The van der Waals surface area contributed by atoms with Gasteiger partial charge in [-0.05, 0) is 54.6 Å². The lowest BCUT2D eigenvalue weighted by molar-refractivity contribution is 0.102. The van der Waals surface area contributed by atoms with Crippen molar-refractivity contribution in [3.8, 4) is 5.75 Å². The largest absolute Gasteiger partial charge is 0.495 e. The van der Waals surface area contributed by atoms with Gasteiger partial charge in [-0.1, -0.05) is 46.4 Å². The van der Waals surface area contributed by atoms with Gasteiger partial charge in [-0.25, -0.2) is 8.42 Å². The van der Waals surface area contributed by atoms with Gasteiger partial charge in [-0.15, -0.1) is 0 Å². The molecule has 11 heteroatoms. The molecule has 6 nitrogen and oxygen atoms in total. The number of methoxy groups -OCH3 is 1. The van der Waals surface area contributed by atoms with E-state index in [2.05, 4.69) is 10.0 Å². The number of hydrogen-bond donors (Lipinski definition) is 2. The van der Waals surface area contributed by atoms with Gasteiger partial charge in [-0.3, -0.25) is 9.52 Å². The van der Waals surface area contributed by atoms with Crippen molar-refractivity contribution in [1.82, 2.24) is 0 Å². The van der Waals surface area contributed by atoms with Crippen LogP contribution in [0.15, 0.2) is 59.5 Å². The second-order valence-electron chi connectivity index (χ2n) is 6.20. The Morgan fingerprint density at radius 3 is 2.16 bits per heavy atom. The second kappa shape index (κ2) is 9.54. The summed E-state index contributed by atoms with van der Waals surface area (Å²) in [4.78, 5) is 12.5. The highest BCUT2D eigenvalue weighted by atomic mass is 35.5. The molecule has 3 aromatic rings. The average molecular weight is 520 g/mol. The first kappa shape index (κ1) is 23.5. The zero-order chi connectivity index (χ0) is 22.8. The van der Waals surface area contributed by atoms with Gasteiger partial charge in [0.15, 0.2) is 0 Å². The van der Waals surface area contributed by atoms with Gasteiger partial charge < -0.3 is 10.1 Å². The first-order chi connectivity index (χ1) is 14.6. The summed E-state index contributed by atoms with van der Waals surface area (Å²) < 4.78 is 33.3. The highest BCUT2D eigenvalue weighted by Gasteiger charge is 2.19. The lowest BCUT2D eigenvalue weighted by Crippen LogP contribution is -2.16. The minimum atomic E-state index is -4.03. The summed E-state index contributed by atoms with van der Waals surface area (Å²) in [6, 6.07) is 12.7. The average Bonchev–Trinajstić information content (AvgIpc) is 2.66. The van der Waals surface area contributed by atoms with Crippen molar-refractivity contribution in [2.45, 2.75) is 4.90 Å². The van der Waals surface area contributed by atoms with Crippen molar-refractivity contribution in [2.75, 3.05) is 17.1 Å². The first-order valence-corrected chi connectivity index (χ1v) is 11.5. The number of hydrogen-bond acceptors (Lipinski definition) is 4. The van der Waals surface area contributed by atoms with Crippen molar-refractivity contribution < 1.29 is 17.9 Å². The third kappa shape index (κ3) is 5.75. The number of carbonyl (C=O) groups is 1. The van der Waals surface area contributed by atoms with Crippen molar-refractivity contribution in [1.29, 1.82) is 0 Å². The van der Waals surface area contributed by atoms with E-state index in [4.69, 9.17) is 51.1 Å². The summed E-state index contributed by atoms with van der Waals surface area (Å²) >= 11 is 23.8. The molecule has 3 aromatic carbocycles. The van der Waals surface area contributed by atoms with Crippen LogP contribution in [0.2, 0.25) is 20.1 Å². The lowest BCUT2D eigenvalue weighted by Gasteiger charge is -2.14. The molecule has 0 spiro atoms. The molecule has 0 radical (unpaired) electrons. The van der Waals surface area contributed by atoms with E-state index in [1.165, 1.54) is 61.7 Å². The number of ether oxygens (including phenoxy) is 1. The number of benzene rings is 3. The molecule has 2 N–H and O–H groups in total. The zero-order valence-corrected chi connectivity index (χ0v) is 19.6. The molecule has 0 aliphatic rings. The molecule has 162 valence electrons. The molecule has 0 heterocycles. The molecular formula is C20H14Cl4N2O4S. The lowest BCUT2D eigenvalue weighted by atomic mass is 10.2. The third-order valence-electron chi connectivity index (χ3n) is 4.02. The van der Waals surface area contributed by atoms with E-state index < -0.39 is 15.9 Å². The van der Waals surface area contributed by atoms with Gasteiger partial charge in [0.2, 0.25) is 0 Å². The molecule has 31 heavy (non-hydrogen) atoms. The predicted molar refractivity (Wildman–Crippen MR) is 125 cm³/mol. The van der Waals surface area contributed by atoms with E-state index in [1.807, 2.05) is 0 Å². The van der Waals surface area contributed by atoms with Crippen LogP contribution in [0.4, 0.5) is 11.4 Å². The van der Waals surface area contributed by atoms with E-state index in [-0.39, 0.29) is 42.7 Å². The fraction of sp³-hybridized carbons (Fsp3) is 0.0500. The Morgan fingerprint density at radius 1 is 0.871 bits per heavy atom. The minimum absolute atomic E-state index is 0.123. The van der Waals surface area contributed by atoms with Gasteiger partial charge in [-0.2, -0.15) is 0 Å². The highest BCUT2D eigenvalue weighted by Crippen LogP contribution is 2.31. The molecule has 1 amide bonds. The summed E-state index contributed by atoms with van der Waals surface area (Å²) in [7, 11) is -2.64. The van der Waals surface area contributed by atoms with E-state index in [1.54, 1.807) is 0 Å². The number of anilines is 2. The Bertz CT molecular complexity index is 1250. The summed E-state index contributed by atoms with van der Waals surface area (Å²) in [5, 5.41) is 3.67. The maximum atomic E-state index is 12.8. The fourth-order valence-corrected chi connectivity index (χ4v) is 4.73. The van der Waals surface area contributed by atoms with E-state index >= 15 is 0 Å². The number of rotatable bonds is 6. The van der Waals surface area contributed by atoms with Crippen LogP contribution >= 0.6 is 46.4 Å². The number of amides is 1. The van der Waals surface area contributed by atoms with Crippen molar-refractivity contribution >= 4 is 73.7 Å². The van der Waals surface area contributed by atoms with Crippen LogP contribution in [-0.4, -0.2) is 21.4 Å². The summed E-state index contributed by atoms with van der Waals surface area (Å²) in [6.45, 7) is 0. The number of nitrogens with one attached hydrogen (secondary N) is 2. The van der Waals surface area contributed by atoms with Gasteiger partial charge in [0, 0.05) is 15.1 Å². The smallest absolute Gasteiger partial charge is 0.261 e. The SMILES string of the molecule is COc1ccc(S(=O)(=O)Nc2cc(Cl)cc(Cl)c2)cc1NC(=O)c1ccc(Cl)cc1Cl. The van der Waals surface area contributed by atoms with E-state index in [0.717, 1.165) is 0 Å². The van der Waals surface area contributed by atoms with Crippen LogP contribution in [0, 0.1) is 0 Å². The number of halogens is 4. The Kier molecular flexibility index (Phi) is 7.24. The van der Waals surface area contributed by atoms with Crippen LogP contribution < -0.4 is 14.8 Å². The van der Waals surface area contributed by atoms with Crippen LogP contribution in [0.5, 0.6) is 5.75 Å². The molecule has 0 fully saturated rings. The quantitative estimate of drug-likeness (QED) is 0.396. The Balaban J connectivity index is 1.93. The standard InChI is InChI=1S/C20H14Cl4N2O4S/c1-30-19-5-3-15(31(28,29)26-14-7-12(22)6-13(23)8-14)10-18(19)25-20(27)16-4-2-11(21)9-17(16)24/h2-10,26H,1H3,(H,25,27). The molecule has 0 aliphatic carbocycles. The van der Waals surface area contributed by atoms with Gasteiger partial charge in [0.05, 0.1) is 34.0 Å². The molecule has 3 rings (SSSR count). The Hall–Kier alpha value is -2.16. The summed E-state index contributed by atoms with van der Waals surface area (Å²) in [5.74, 6) is -0.313. The molecule has 0 atom stereocenters. The summed E-state index contributed by atoms with van der Waals surface area (Å²) in [6.07, 6.45) is 0. The van der Waals surface area contributed by atoms with Gasteiger partial charge >= 0.3 is 0 Å². The fourth-order valence-electron chi connectivity index (χ4n) is 2.64. The molecule has 0 unspecified atom stereocenters. The maximum absolute atomic E-state index is 12.8. The van der Waals surface area contributed by atoms with Crippen molar-refractivity contribution in [2.24, 2.45) is 0 Å². The van der Waals surface area contributed by atoms with Crippen LogP contribution in [-0.2, 0) is 10.0 Å². The molecule has 0 aromatic heterocycles. The van der Waals surface area contributed by atoms with Crippen molar-refractivity contribution in [3.05, 3.63) is 80.3 Å². The summed E-state index contributed by atoms with van der Waals surface area (Å²) in [5.41, 5.74) is 0.477. The zero-order valence-electron chi connectivity index (χ0n) is 15.7. The predicted octanol–water partition coefficient (Wildman–Crippen LogP) is 6.36. The second-order valence-corrected chi connectivity index (χ2v) is 9.60. The molecule has 0 bridgehead atoms. The highest BCUT2D eigenvalue weighted by molar-refractivity contribution is 7.92. The maximum Gasteiger partial charge on any atom is 0.261 e. The number of carbonyl (C=O) groups excluding carboxylic acids is 1. The molecule has 0 aliphatic heterocycles. The van der Waals surface area contributed by atoms with Gasteiger partial charge in [0.1, 0.15) is 5.75 Å². The third-order valence-corrected chi connectivity index (χ3v) is 6.38. The Labute approximate surface area is 199 Å². The minimum Gasteiger partial charge on any atom is -0.495 e. The Morgan fingerprint density at radius 2 is 1.55 bits per heavy atom. The molecular weight excluding hydrogens is 506 g/mol. The van der Waals surface area contributed by atoms with Crippen molar-refractivity contribution in [3.63, 3.8) is 0 Å². The van der Waals surface area contributed by atoms with Crippen LogP contribution in [0.3, 0.4) is 0 Å². The molecule has 0 saturated carbocycles. The van der Waals surface area contributed by atoms with Gasteiger partial charge in [0.25, 0.3) is 15.9 Å². The van der Waals surface area contributed by atoms with Crippen LogP contribution in [0.25, 0.3) is 0 Å². The topological polar surface area (TPSA) is 84.5 Å². The molecule has 0 saturated heterocycles.